The van der Waals surface area contributed by atoms with E-state index in [1.807, 2.05) is 0 Å². The molecular weight excluding hydrogens is 169 g/mol. The molecule has 0 bridgehead atoms. The highest BCUT2D eigenvalue weighted by molar-refractivity contribution is 6.36. The molecule has 0 spiro atoms. The van der Waals surface area contributed by atoms with E-state index < -0.39 is 0 Å². The summed E-state index contributed by atoms with van der Waals surface area (Å²) in [6.45, 7) is 16.1. The van der Waals surface area contributed by atoms with Crippen molar-refractivity contribution in [2.24, 2.45) is 5.92 Å². The van der Waals surface area contributed by atoms with Crippen molar-refractivity contribution < 1.29 is 0 Å². The molecule has 2 heteroatoms. The second kappa shape index (κ2) is 6.50. The summed E-state index contributed by atoms with van der Waals surface area (Å²) < 4.78 is 0. The summed E-state index contributed by atoms with van der Waals surface area (Å²) in [4.78, 5) is 2.49. The van der Waals surface area contributed by atoms with Crippen molar-refractivity contribution in [2.75, 3.05) is 13.1 Å². The Hall–Kier alpha value is 0.0249. The third kappa shape index (κ3) is 5.04. The van der Waals surface area contributed by atoms with E-state index in [2.05, 4.69) is 53.8 Å². The van der Waals surface area contributed by atoms with E-state index in [1.54, 1.807) is 0 Å². The van der Waals surface area contributed by atoms with Crippen LogP contribution in [-0.4, -0.2) is 25.3 Å². The molecule has 0 saturated heterocycles. The Morgan fingerprint density at radius 1 is 1.07 bits per heavy atom. The molecule has 0 aliphatic heterocycles. The lowest BCUT2D eigenvalue weighted by molar-refractivity contribution is 0.387. The molecule has 0 rings (SSSR count). The Bertz CT molecular complexity index is 137. The molecule has 0 aromatic heterocycles. The Kier molecular flexibility index (Phi) is 6.51. The van der Waals surface area contributed by atoms with Crippen molar-refractivity contribution in [1.82, 2.24) is 4.81 Å². The minimum Gasteiger partial charge on any atom is -0.346 e. The molecule has 0 unspecified atom stereocenters. The van der Waals surface area contributed by atoms with E-state index in [0.717, 1.165) is 0 Å². The zero-order valence-corrected chi connectivity index (χ0v) is 10.9. The van der Waals surface area contributed by atoms with E-state index >= 15 is 0 Å². The molecule has 0 atom stereocenters. The third-order valence-corrected chi connectivity index (χ3v) is 3.02. The zero-order chi connectivity index (χ0) is 11.2. The molecule has 0 fully saturated rings. The molecule has 0 heterocycles. The Morgan fingerprint density at radius 3 is 1.79 bits per heavy atom. The highest BCUT2D eigenvalue weighted by Gasteiger charge is 2.26. The van der Waals surface area contributed by atoms with Crippen molar-refractivity contribution in [3.05, 3.63) is 0 Å². The molecule has 0 aliphatic rings. The molecule has 0 N–H and O–H groups in total. The highest BCUT2D eigenvalue weighted by atomic mass is 15.0. The largest absolute Gasteiger partial charge is 0.346 e. The van der Waals surface area contributed by atoms with E-state index in [9.17, 15) is 0 Å². The van der Waals surface area contributed by atoms with Crippen LogP contribution in [0.1, 0.15) is 54.4 Å². The summed E-state index contributed by atoms with van der Waals surface area (Å²) in [5.74, 6) is 0.707. The monoisotopic (exact) mass is 196 g/mol. The Balaban J connectivity index is 4.12. The fourth-order valence-corrected chi connectivity index (χ4v) is 1.43. The molecule has 0 aliphatic carbocycles. The van der Waals surface area contributed by atoms with Crippen LogP contribution in [0.5, 0.6) is 0 Å². The van der Waals surface area contributed by atoms with Crippen molar-refractivity contribution >= 4 is 7.41 Å². The zero-order valence-electron chi connectivity index (χ0n) is 10.9. The number of hydrogen-bond acceptors (Lipinski definition) is 1. The van der Waals surface area contributed by atoms with Crippen molar-refractivity contribution in [2.45, 2.75) is 59.7 Å². The maximum atomic E-state index is 2.49. The fraction of sp³-hybridized carbons (Fsp3) is 1.00. The van der Waals surface area contributed by atoms with Crippen LogP contribution in [0.25, 0.3) is 0 Å². The minimum atomic E-state index is 0.324. The van der Waals surface area contributed by atoms with E-state index in [0.29, 0.717) is 11.2 Å². The minimum absolute atomic E-state index is 0.324. The second-order valence-corrected chi connectivity index (χ2v) is 5.14. The lowest BCUT2D eigenvalue weighted by Crippen LogP contribution is -2.37. The maximum Gasteiger partial charge on any atom is 0.214 e. The van der Waals surface area contributed by atoms with Crippen LogP contribution in [0.3, 0.4) is 0 Å². The van der Waals surface area contributed by atoms with E-state index in [4.69, 9.17) is 0 Å². The molecule has 14 heavy (non-hydrogen) atoms. The summed E-state index contributed by atoms with van der Waals surface area (Å²) in [5.41, 5.74) is 0. The molecule has 83 valence electrons. The van der Waals surface area contributed by atoms with Gasteiger partial charge >= 0.3 is 0 Å². The topological polar surface area (TPSA) is 3.24 Å². The summed E-state index contributed by atoms with van der Waals surface area (Å²) in [7, 11) is 2.44. The molecule has 1 radical (unpaired) electrons. The van der Waals surface area contributed by atoms with Gasteiger partial charge < -0.3 is 4.81 Å². The van der Waals surface area contributed by atoms with Gasteiger partial charge in [0.2, 0.25) is 7.41 Å². The van der Waals surface area contributed by atoms with Gasteiger partial charge in [0.05, 0.1) is 0 Å². The lowest BCUT2D eigenvalue weighted by atomic mass is 9.56. The number of nitrogens with zero attached hydrogens (tertiary/aromatic N) is 1. The van der Waals surface area contributed by atoms with Gasteiger partial charge in [0.15, 0.2) is 0 Å². The molecular formula is C12H27BN. The SMILES string of the molecule is CCCN([B]C(C)(C)C(C)C)CCC. The van der Waals surface area contributed by atoms with Gasteiger partial charge in [-0.2, -0.15) is 0 Å². The van der Waals surface area contributed by atoms with Crippen LogP contribution in [0, 0.1) is 5.92 Å². The average molecular weight is 196 g/mol. The lowest BCUT2D eigenvalue weighted by Gasteiger charge is -2.34. The van der Waals surface area contributed by atoms with Crippen LogP contribution in [0.4, 0.5) is 0 Å². The molecule has 0 aromatic carbocycles. The van der Waals surface area contributed by atoms with Gasteiger partial charge in [-0.25, -0.2) is 0 Å². The molecule has 1 nitrogen and oxygen atoms in total. The van der Waals surface area contributed by atoms with Gasteiger partial charge in [-0.3, -0.25) is 0 Å². The Morgan fingerprint density at radius 2 is 1.50 bits per heavy atom. The summed E-state index contributed by atoms with van der Waals surface area (Å²) in [6, 6.07) is 0. The normalized spacial score (nSPS) is 12.6. The molecule has 0 aromatic rings. The first-order valence-electron chi connectivity index (χ1n) is 6.04. The molecule has 0 amide bonds. The van der Waals surface area contributed by atoms with Gasteiger partial charge in [-0.15, -0.1) is 0 Å². The van der Waals surface area contributed by atoms with Gasteiger partial charge in [-0.1, -0.05) is 41.5 Å². The summed E-state index contributed by atoms with van der Waals surface area (Å²) in [5, 5.41) is 0.324. The highest BCUT2D eigenvalue weighted by Crippen LogP contribution is 2.33. The van der Waals surface area contributed by atoms with Crippen molar-refractivity contribution in [3.8, 4) is 0 Å². The van der Waals surface area contributed by atoms with Crippen LogP contribution >= 0.6 is 0 Å². The number of rotatable bonds is 7. The first-order chi connectivity index (χ1) is 6.44. The van der Waals surface area contributed by atoms with Gasteiger partial charge in [0, 0.05) is 0 Å². The first-order valence-corrected chi connectivity index (χ1v) is 6.04. The van der Waals surface area contributed by atoms with Crippen LogP contribution < -0.4 is 0 Å². The standard InChI is InChI=1S/C12H27BN/c1-7-9-14(10-8-2)13-12(5,6)11(3)4/h11H,7-10H2,1-6H3. The third-order valence-electron chi connectivity index (χ3n) is 3.02. The Labute approximate surface area is 91.5 Å². The predicted molar refractivity (Wildman–Crippen MR) is 66.8 cm³/mol. The van der Waals surface area contributed by atoms with E-state index in [-0.39, 0.29) is 0 Å². The van der Waals surface area contributed by atoms with Gasteiger partial charge in [0.25, 0.3) is 0 Å². The van der Waals surface area contributed by atoms with Crippen LogP contribution in [0.15, 0.2) is 0 Å². The summed E-state index contributed by atoms with van der Waals surface area (Å²) >= 11 is 0. The van der Waals surface area contributed by atoms with Crippen LogP contribution in [-0.2, 0) is 0 Å². The van der Waals surface area contributed by atoms with Crippen molar-refractivity contribution in [3.63, 3.8) is 0 Å². The predicted octanol–water partition coefficient (Wildman–Crippen LogP) is 3.58. The smallest absolute Gasteiger partial charge is 0.214 e. The summed E-state index contributed by atoms with van der Waals surface area (Å²) in [6.07, 6.45) is 2.48. The van der Waals surface area contributed by atoms with E-state index in [1.165, 1.54) is 25.9 Å². The second-order valence-electron chi connectivity index (χ2n) is 5.14. The average Bonchev–Trinajstić information content (AvgIpc) is 2.04. The number of hydrogen-bond donors (Lipinski definition) is 0. The molecule has 0 saturated carbocycles. The van der Waals surface area contributed by atoms with Gasteiger partial charge in [-0.05, 0) is 37.2 Å². The van der Waals surface area contributed by atoms with Gasteiger partial charge in [0.1, 0.15) is 0 Å². The fourth-order valence-electron chi connectivity index (χ4n) is 1.43. The van der Waals surface area contributed by atoms with Crippen LogP contribution in [0.2, 0.25) is 5.31 Å². The van der Waals surface area contributed by atoms with Crippen molar-refractivity contribution in [1.29, 1.82) is 0 Å². The first kappa shape index (κ1) is 14.0. The quantitative estimate of drug-likeness (QED) is 0.562. The maximum absolute atomic E-state index is 2.49.